The van der Waals surface area contributed by atoms with E-state index in [1.54, 1.807) is 14.2 Å². The number of hydrogen-bond acceptors (Lipinski definition) is 4. The zero-order valence-electron chi connectivity index (χ0n) is 14.4. The van der Waals surface area contributed by atoms with Crippen molar-refractivity contribution in [1.29, 1.82) is 0 Å². The number of hydrogen-bond donors (Lipinski definition) is 1. The molecule has 2 unspecified atom stereocenters. The van der Waals surface area contributed by atoms with Crippen LogP contribution in [0.15, 0.2) is 18.2 Å². The molecule has 0 spiro atoms. The molecule has 0 amide bonds. The van der Waals surface area contributed by atoms with Crippen LogP contribution in [-0.2, 0) is 0 Å². The van der Waals surface area contributed by atoms with E-state index in [0.717, 1.165) is 24.6 Å². The Hall–Kier alpha value is -0.970. The van der Waals surface area contributed by atoms with E-state index < -0.39 is 0 Å². The number of methoxy groups -OCH3 is 2. The third kappa shape index (κ3) is 3.93. The van der Waals surface area contributed by atoms with Gasteiger partial charge in [0.25, 0.3) is 0 Å². The monoisotopic (exact) mass is 340 g/mol. The Morgan fingerprint density at radius 1 is 1.26 bits per heavy atom. The van der Waals surface area contributed by atoms with E-state index in [9.17, 15) is 0 Å². The quantitative estimate of drug-likeness (QED) is 0.892. The van der Waals surface area contributed by atoms with Gasteiger partial charge in [0.2, 0.25) is 0 Å². The van der Waals surface area contributed by atoms with Gasteiger partial charge in [0, 0.05) is 19.1 Å². The van der Waals surface area contributed by atoms with Crippen LogP contribution in [0.3, 0.4) is 0 Å². The first-order valence-corrected chi connectivity index (χ1v) is 8.32. The van der Waals surface area contributed by atoms with Gasteiger partial charge in [-0.15, -0.1) is 12.4 Å². The van der Waals surface area contributed by atoms with Crippen LogP contribution in [0, 0.1) is 5.41 Å². The molecule has 2 fully saturated rings. The Kier molecular flexibility index (Phi) is 6.18. The minimum atomic E-state index is 0. The summed E-state index contributed by atoms with van der Waals surface area (Å²) >= 11 is 0. The van der Waals surface area contributed by atoms with E-state index in [1.165, 1.54) is 37.9 Å². The highest BCUT2D eigenvalue weighted by molar-refractivity contribution is 5.85. The second-order valence-corrected chi connectivity index (χ2v) is 6.98. The number of nitrogens with zero attached hydrogens (tertiary/aromatic N) is 1. The van der Waals surface area contributed by atoms with Crippen molar-refractivity contribution in [1.82, 2.24) is 10.2 Å². The third-order valence-corrected chi connectivity index (χ3v) is 5.20. The smallest absolute Gasteiger partial charge is 0.161 e. The molecule has 5 heteroatoms. The van der Waals surface area contributed by atoms with Crippen LogP contribution in [0.1, 0.15) is 37.8 Å². The largest absolute Gasteiger partial charge is 0.493 e. The summed E-state index contributed by atoms with van der Waals surface area (Å²) in [5, 5.41) is 3.51. The van der Waals surface area contributed by atoms with Gasteiger partial charge >= 0.3 is 0 Å². The molecule has 2 heterocycles. The van der Waals surface area contributed by atoms with E-state index in [1.807, 2.05) is 6.07 Å². The number of benzene rings is 1. The lowest BCUT2D eigenvalue weighted by molar-refractivity contribution is 0.165. The van der Waals surface area contributed by atoms with Gasteiger partial charge in [-0.1, -0.05) is 13.0 Å². The van der Waals surface area contributed by atoms with Crippen molar-refractivity contribution in [3.63, 3.8) is 0 Å². The van der Waals surface area contributed by atoms with Crippen LogP contribution >= 0.6 is 12.4 Å². The zero-order valence-corrected chi connectivity index (χ0v) is 15.2. The van der Waals surface area contributed by atoms with Gasteiger partial charge in [-0.05, 0) is 55.5 Å². The molecule has 0 saturated carbocycles. The Morgan fingerprint density at radius 3 is 2.70 bits per heavy atom. The normalized spacial score (nSPS) is 27.7. The molecule has 0 aromatic heterocycles. The topological polar surface area (TPSA) is 33.7 Å². The van der Waals surface area contributed by atoms with Gasteiger partial charge < -0.3 is 14.8 Å². The van der Waals surface area contributed by atoms with Gasteiger partial charge in [0.1, 0.15) is 0 Å². The van der Waals surface area contributed by atoms with Crippen LogP contribution < -0.4 is 14.8 Å². The second kappa shape index (κ2) is 7.73. The fourth-order valence-electron chi connectivity index (χ4n) is 3.95. The summed E-state index contributed by atoms with van der Waals surface area (Å²) in [7, 11) is 3.40. The summed E-state index contributed by atoms with van der Waals surface area (Å²) in [5.41, 5.74) is 1.77. The molecule has 130 valence electrons. The third-order valence-electron chi connectivity index (χ3n) is 5.20. The maximum Gasteiger partial charge on any atom is 0.161 e. The molecule has 3 rings (SSSR count). The van der Waals surface area contributed by atoms with E-state index in [0.29, 0.717) is 11.5 Å². The number of likely N-dealkylation sites (tertiary alicyclic amines) is 1. The molecule has 0 aliphatic carbocycles. The van der Waals surface area contributed by atoms with Crippen LogP contribution in [0.5, 0.6) is 11.5 Å². The number of nitrogens with one attached hydrogen (secondary N) is 1. The number of rotatable bonds is 5. The summed E-state index contributed by atoms with van der Waals surface area (Å²) in [4.78, 5) is 2.66. The number of ether oxygens (including phenoxy) is 2. The van der Waals surface area contributed by atoms with Crippen LogP contribution in [-0.4, -0.2) is 45.3 Å². The van der Waals surface area contributed by atoms with E-state index in [-0.39, 0.29) is 12.4 Å². The van der Waals surface area contributed by atoms with Crippen molar-refractivity contribution in [3.05, 3.63) is 23.8 Å². The van der Waals surface area contributed by atoms with Gasteiger partial charge in [0.05, 0.1) is 14.2 Å². The highest BCUT2D eigenvalue weighted by atomic mass is 35.5. The van der Waals surface area contributed by atoms with Crippen LogP contribution in [0.4, 0.5) is 0 Å². The van der Waals surface area contributed by atoms with Gasteiger partial charge in [-0.2, -0.15) is 0 Å². The molecule has 2 saturated heterocycles. The fourth-order valence-corrected chi connectivity index (χ4v) is 3.95. The highest BCUT2D eigenvalue weighted by Gasteiger charge is 2.35. The van der Waals surface area contributed by atoms with E-state index in [4.69, 9.17) is 9.47 Å². The summed E-state index contributed by atoms with van der Waals surface area (Å²) in [5.74, 6) is 1.64. The zero-order chi connectivity index (χ0) is 15.6. The van der Waals surface area contributed by atoms with Gasteiger partial charge in [-0.3, -0.25) is 4.90 Å². The van der Waals surface area contributed by atoms with Crippen molar-refractivity contribution in [2.24, 2.45) is 5.41 Å². The molecule has 0 bridgehead atoms. The van der Waals surface area contributed by atoms with Crippen LogP contribution in [0.2, 0.25) is 0 Å². The van der Waals surface area contributed by atoms with Crippen molar-refractivity contribution in [2.75, 3.05) is 40.4 Å². The first-order chi connectivity index (χ1) is 10.6. The Labute approximate surface area is 145 Å². The van der Waals surface area contributed by atoms with Crippen LogP contribution in [0.25, 0.3) is 0 Å². The SMILES string of the molecule is COc1ccc(C2CCCN2CC2(C)CCNC2)cc1OC.Cl. The second-order valence-electron chi connectivity index (χ2n) is 6.98. The molecule has 0 radical (unpaired) electrons. The van der Waals surface area contributed by atoms with Crippen molar-refractivity contribution >= 4 is 12.4 Å². The van der Waals surface area contributed by atoms with Crippen molar-refractivity contribution in [2.45, 2.75) is 32.2 Å². The first kappa shape index (κ1) is 18.4. The van der Waals surface area contributed by atoms with Gasteiger partial charge in [-0.25, -0.2) is 0 Å². The summed E-state index contributed by atoms with van der Waals surface area (Å²) in [6.07, 6.45) is 3.80. The Bertz CT molecular complexity index is 518. The minimum absolute atomic E-state index is 0. The molecular weight excluding hydrogens is 312 g/mol. The average molecular weight is 341 g/mol. The summed E-state index contributed by atoms with van der Waals surface area (Å²) in [6, 6.07) is 6.89. The number of halogens is 1. The fraction of sp³-hybridized carbons (Fsp3) is 0.667. The Morgan fingerprint density at radius 2 is 2.04 bits per heavy atom. The maximum absolute atomic E-state index is 5.47. The van der Waals surface area contributed by atoms with Crippen molar-refractivity contribution in [3.8, 4) is 11.5 Å². The molecule has 2 aliphatic heterocycles. The van der Waals surface area contributed by atoms with E-state index >= 15 is 0 Å². The average Bonchev–Trinajstić information content (AvgIpc) is 3.16. The Balaban J connectivity index is 0.00000192. The lowest BCUT2D eigenvalue weighted by Gasteiger charge is -2.33. The van der Waals surface area contributed by atoms with E-state index in [2.05, 4.69) is 29.3 Å². The molecule has 2 atom stereocenters. The first-order valence-electron chi connectivity index (χ1n) is 8.32. The summed E-state index contributed by atoms with van der Waals surface area (Å²) in [6.45, 7) is 7.10. The lowest BCUT2D eigenvalue weighted by atomic mass is 9.88. The predicted octanol–water partition coefficient (Wildman–Crippen LogP) is 3.26. The molecule has 1 N–H and O–H groups in total. The molecule has 4 nitrogen and oxygen atoms in total. The predicted molar refractivity (Wildman–Crippen MR) is 95.9 cm³/mol. The molecule has 2 aliphatic rings. The van der Waals surface area contributed by atoms with Gasteiger partial charge in [0.15, 0.2) is 11.5 Å². The lowest BCUT2D eigenvalue weighted by Crippen LogP contribution is -2.37. The molecule has 23 heavy (non-hydrogen) atoms. The summed E-state index contributed by atoms with van der Waals surface area (Å²) < 4.78 is 10.8. The van der Waals surface area contributed by atoms with Crippen molar-refractivity contribution < 1.29 is 9.47 Å². The molecular formula is C18H29ClN2O2. The minimum Gasteiger partial charge on any atom is -0.493 e. The molecule has 1 aromatic rings. The maximum atomic E-state index is 5.47. The standard InChI is InChI=1S/C18H28N2O2.ClH/c1-18(8-9-19-12-18)13-20-10-4-5-15(20)14-6-7-16(21-2)17(11-14)22-3;/h6-7,11,15,19H,4-5,8-10,12-13H2,1-3H3;1H. The molecule has 1 aromatic carbocycles. The highest BCUT2D eigenvalue weighted by Crippen LogP contribution is 2.39.